The van der Waals surface area contributed by atoms with Crippen molar-refractivity contribution in [3.05, 3.63) is 82.2 Å². The molecule has 2 aromatic carbocycles. The van der Waals surface area contributed by atoms with Crippen LogP contribution >= 0.6 is 0 Å². The van der Waals surface area contributed by atoms with E-state index in [0.717, 1.165) is 24.2 Å². The van der Waals surface area contributed by atoms with Crippen LogP contribution in [0.2, 0.25) is 0 Å². The van der Waals surface area contributed by atoms with E-state index in [2.05, 4.69) is 24.5 Å². The Morgan fingerprint density at radius 2 is 1.03 bits per heavy atom. The number of esters is 2. The summed E-state index contributed by atoms with van der Waals surface area (Å²) in [5, 5.41) is 6.63. The summed E-state index contributed by atoms with van der Waals surface area (Å²) in [6.45, 7) is 4.19. The van der Waals surface area contributed by atoms with Crippen LogP contribution < -0.4 is 10.6 Å². The molecule has 168 valence electrons. The van der Waals surface area contributed by atoms with Gasteiger partial charge in [-0.15, -0.1) is 0 Å². The largest absolute Gasteiger partial charge is 0.466 e. The molecule has 0 saturated carbocycles. The van der Waals surface area contributed by atoms with Crippen molar-refractivity contribution in [3.8, 4) is 0 Å². The number of benzene rings is 2. The molecule has 6 heteroatoms. The maximum absolute atomic E-state index is 12.6. The third-order valence-corrected chi connectivity index (χ3v) is 5.61. The van der Waals surface area contributed by atoms with Crippen molar-refractivity contribution in [2.45, 2.75) is 39.5 Å². The zero-order valence-electron chi connectivity index (χ0n) is 19.1. The first-order valence-corrected chi connectivity index (χ1v) is 10.8. The van der Waals surface area contributed by atoms with Gasteiger partial charge >= 0.3 is 11.9 Å². The highest BCUT2D eigenvalue weighted by Gasteiger charge is 2.29. The molecule has 0 atom stereocenters. The molecule has 0 aromatic heterocycles. The number of methoxy groups -OCH3 is 2. The number of carbonyl (C=O) groups excluding carboxylic acids is 2. The summed E-state index contributed by atoms with van der Waals surface area (Å²) in [6.07, 6.45) is 2.34. The first-order chi connectivity index (χ1) is 15.5. The lowest BCUT2D eigenvalue weighted by Crippen LogP contribution is -2.24. The Morgan fingerprint density at radius 3 is 1.31 bits per heavy atom. The summed E-state index contributed by atoms with van der Waals surface area (Å²) in [7, 11) is 2.72. The molecule has 0 fully saturated rings. The van der Waals surface area contributed by atoms with Gasteiger partial charge in [0, 0.05) is 35.6 Å². The standard InChI is InChI=1S/C26H30N2O4/c1-5-17-7-11-19(12-8-17)27-23-15-22(26(30)32-4)24(16-21(23)25(29)31-3)28-20-13-9-18(6-2)10-14-20/h7-14,27-28H,5-6,15-16H2,1-4H3. The molecule has 0 spiro atoms. The van der Waals surface area contributed by atoms with Crippen LogP contribution in [0.25, 0.3) is 0 Å². The van der Waals surface area contributed by atoms with E-state index in [1.807, 2.05) is 48.5 Å². The Morgan fingerprint density at radius 1 is 0.688 bits per heavy atom. The van der Waals surface area contributed by atoms with Crippen LogP contribution in [0.3, 0.4) is 0 Å². The fourth-order valence-electron chi connectivity index (χ4n) is 3.65. The molecule has 1 aliphatic rings. The van der Waals surface area contributed by atoms with E-state index in [-0.39, 0.29) is 12.8 Å². The highest BCUT2D eigenvalue weighted by atomic mass is 16.5. The summed E-state index contributed by atoms with van der Waals surface area (Å²) < 4.78 is 10.1. The Bertz CT molecular complexity index is 949. The molecule has 6 nitrogen and oxygen atoms in total. The predicted molar refractivity (Wildman–Crippen MR) is 126 cm³/mol. The van der Waals surface area contributed by atoms with E-state index in [1.165, 1.54) is 25.3 Å². The van der Waals surface area contributed by atoms with Crippen molar-refractivity contribution in [1.29, 1.82) is 0 Å². The maximum atomic E-state index is 12.6. The van der Waals surface area contributed by atoms with Crippen LogP contribution in [0.5, 0.6) is 0 Å². The van der Waals surface area contributed by atoms with Gasteiger partial charge in [0.15, 0.2) is 0 Å². The molecule has 0 radical (unpaired) electrons. The minimum atomic E-state index is -0.428. The smallest absolute Gasteiger partial charge is 0.335 e. The zero-order valence-corrected chi connectivity index (χ0v) is 19.1. The summed E-state index contributed by atoms with van der Waals surface area (Å²) in [4.78, 5) is 25.2. The lowest BCUT2D eigenvalue weighted by atomic mass is 9.92. The van der Waals surface area contributed by atoms with Gasteiger partial charge in [0.25, 0.3) is 0 Å². The van der Waals surface area contributed by atoms with Crippen molar-refractivity contribution in [2.75, 3.05) is 24.9 Å². The molecule has 0 aliphatic heterocycles. The number of allylic oxidation sites excluding steroid dienone is 2. The fourth-order valence-corrected chi connectivity index (χ4v) is 3.65. The first kappa shape index (κ1) is 23.1. The first-order valence-electron chi connectivity index (χ1n) is 10.8. The molecule has 2 N–H and O–H groups in total. The second kappa shape index (κ2) is 10.7. The van der Waals surface area contributed by atoms with Crippen molar-refractivity contribution >= 4 is 23.3 Å². The van der Waals surface area contributed by atoms with Crippen LogP contribution in [0, 0.1) is 0 Å². The summed E-state index contributed by atoms with van der Waals surface area (Å²) in [5.41, 5.74) is 6.35. The number of hydrogen-bond donors (Lipinski definition) is 2. The molecular formula is C26H30N2O4. The van der Waals surface area contributed by atoms with Crippen LogP contribution in [0.15, 0.2) is 71.1 Å². The zero-order chi connectivity index (χ0) is 23.1. The van der Waals surface area contributed by atoms with E-state index in [0.29, 0.717) is 22.5 Å². The molecule has 2 aromatic rings. The molecule has 32 heavy (non-hydrogen) atoms. The number of hydrogen-bond acceptors (Lipinski definition) is 6. The van der Waals surface area contributed by atoms with Gasteiger partial charge in [-0.2, -0.15) is 0 Å². The SMILES string of the molecule is CCc1ccc(NC2=C(C(=O)OC)CC(Nc3ccc(CC)cc3)=C(C(=O)OC)C2)cc1. The van der Waals surface area contributed by atoms with Crippen molar-refractivity contribution in [1.82, 2.24) is 0 Å². The van der Waals surface area contributed by atoms with E-state index in [4.69, 9.17) is 9.47 Å². The van der Waals surface area contributed by atoms with E-state index < -0.39 is 11.9 Å². The topological polar surface area (TPSA) is 76.7 Å². The van der Waals surface area contributed by atoms with Gasteiger partial charge in [-0.05, 0) is 48.2 Å². The van der Waals surface area contributed by atoms with Crippen LogP contribution in [0.1, 0.15) is 37.8 Å². The minimum absolute atomic E-state index is 0.224. The quantitative estimate of drug-likeness (QED) is 0.571. The Labute approximate surface area is 189 Å². The highest BCUT2D eigenvalue weighted by Crippen LogP contribution is 2.33. The van der Waals surface area contributed by atoms with Gasteiger partial charge < -0.3 is 20.1 Å². The van der Waals surface area contributed by atoms with E-state index >= 15 is 0 Å². The number of rotatable bonds is 8. The second-order valence-corrected chi connectivity index (χ2v) is 7.60. The third-order valence-electron chi connectivity index (χ3n) is 5.61. The lowest BCUT2D eigenvalue weighted by molar-refractivity contribution is -0.137. The summed E-state index contributed by atoms with van der Waals surface area (Å²) >= 11 is 0. The maximum Gasteiger partial charge on any atom is 0.335 e. The summed E-state index contributed by atoms with van der Waals surface area (Å²) in [5.74, 6) is -0.857. The second-order valence-electron chi connectivity index (χ2n) is 7.60. The van der Waals surface area contributed by atoms with Gasteiger partial charge in [-0.25, -0.2) is 9.59 Å². The number of ether oxygens (including phenoxy) is 2. The summed E-state index contributed by atoms with van der Waals surface area (Å²) in [6, 6.07) is 16.0. The van der Waals surface area contributed by atoms with E-state index in [1.54, 1.807) is 0 Å². The molecule has 1 aliphatic carbocycles. The lowest BCUT2D eigenvalue weighted by Gasteiger charge is -2.25. The van der Waals surface area contributed by atoms with Gasteiger partial charge in [0.05, 0.1) is 25.4 Å². The van der Waals surface area contributed by atoms with E-state index in [9.17, 15) is 9.59 Å². The molecule has 0 saturated heterocycles. The number of aryl methyl sites for hydroxylation is 2. The third kappa shape index (κ3) is 5.38. The number of carbonyl (C=O) groups is 2. The Hall–Kier alpha value is -3.54. The molecule has 0 unspecified atom stereocenters. The molecule has 0 bridgehead atoms. The fraction of sp³-hybridized carbons (Fsp3) is 0.308. The van der Waals surface area contributed by atoms with Crippen molar-refractivity contribution in [3.63, 3.8) is 0 Å². The Kier molecular flexibility index (Phi) is 7.71. The van der Waals surface area contributed by atoms with Gasteiger partial charge in [0.2, 0.25) is 0 Å². The van der Waals surface area contributed by atoms with Gasteiger partial charge in [0.1, 0.15) is 0 Å². The average molecular weight is 435 g/mol. The van der Waals surface area contributed by atoms with Gasteiger partial charge in [-0.3, -0.25) is 0 Å². The van der Waals surface area contributed by atoms with Crippen LogP contribution in [0.4, 0.5) is 11.4 Å². The predicted octanol–water partition coefficient (Wildman–Crippen LogP) is 4.98. The monoisotopic (exact) mass is 434 g/mol. The van der Waals surface area contributed by atoms with Crippen molar-refractivity contribution < 1.29 is 19.1 Å². The highest BCUT2D eigenvalue weighted by molar-refractivity contribution is 5.96. The van der Waals surface area contributed by atoms with Crippen LogP contribution in [-0.2, 0) is 31.9 Å². The number of anilines is 2. The average Bonchev–Trinajstić information content (AvgIpc) is 2.84. The minimum Gasteiger partial charge on any atom is -0.466 e. The van der Waals surface area contributed by atoms with Crippen LogP contribution in [-0.4, -0.2) is 26.2 Å². The van der Waals surface area contributed by atoms with Gasteiger partial charge in [-0.1, -0.05) is 38.1 Å². The Balaban J connectivity index is 1.94. The molecular weight excluding hydrogens is 404 g/mol. The normalized spacial score (nSPS) is 13.6. The molecule has 0 heterocycles. The van der Waals surface area contributed by atoms with Crippen molar-refractivity contribution in [2.24, 2.45) is 0 Å². The molecule has 3 rings (SSSR count). The molecule has 0 amide bonds. The number of nitrogens with one attached hydrogen (secondary N) is 2.